The first-order chi connectivity index (χ1) is 6.63. The predicted molar refractivity (Wildman–Crippen MR) is 75.3 cm³/mol. The fourth-order valence-corrected chi connectivity index (χ4v) is 32.5. The topological polar surface area (TPSA) is 27.7 Å². The molecule has 2 fully saturated rings. The molecule has 0 N–H and O–H groups in total. The molecule has 2 aliphatic rings. The average Bonchev–Trinajstić information content (AvgIpc) is 1.98. The maximum atomic E-state index is 5.46. The number of rotatable bonds is 2. The van der Waals surface area contributed by atoms with Crippen LogP contribution in [0, 0.1) is 0 Å². The van der Waals surface area contributed by atoms with Crippen molar-refractivity contribution < 1.29 is 8.44 Å². The van der Waals surface area contributed by atoms with Crippen molar-refractivity contribution in [3.05, 3.63) is 0 Å². The Morgan fingerprint density at radius 3 is 2.36 bits per heavy atom. The summed E-state index contributed by atoms with van der Waals surface area (Å²) in [5, 5.41) is 0. The van der Waals surface area contributed by atoms with Crippen LogP contribution in [0.4, 0.5) is 0 Å². The van der Waals surface area contributed by atoms with Gasteiger partial charge >= 0.3 is 124 Å². The Kier molecular flexibility index (Phi) is 5.44. The van der Waals surface area contributed by atoms with Gasteiger partial charge in [0, 0.05) is 0 Å². The normalized spacial score (nSPS) is 21.7. The Balaban J connectivity index is 1.64. The molecule has 2 saturated heterocycles. The molecule has 2 aliphatic heterocycles. The van der Waals surface area contributed by atoms with E-state index in [1.54, 1.807) is 25.6 Å². The molecule has 0 unspecified atom stereocenters. The second-order valence-corrected chi connectivity index (χ2v) is 27.8. The minimum atomic E-state index is -2.22. The summed E-state index contributed by atoms with van der Waals surface area (Å²) in [6, 6.07) is 0. The zero-order chi connectivity index (χ0) is 10.1. The van der Waals surface area contributed by atoms with Gasteiger partial charge in [0.25, 0.3) is 0 Å². The van der Waals surface area contributed by atoms with Crippen LogP contribution in [-0.4, -0.2) is 53.6 Å². The molecule has 76 valence electrons. The molecule has 0 spiro atoms. The molecule has 3 nitrogen and oxygen atoms in total. The van der Waals surface area contributed by atoms with Gasteiger partial charge in [0.2, 0.25) is 0 Å². The second kappa shape index (κ2) is 5.89. The van der Waals surface area contributed by atoms with Gasteiger partial charge in [-0.25, -0.2) is 0 Å². The first kappa shape index (κ1) is 12.9. The summed E-state index contributed by atoms with van der Waals surface area (Å²) in [7, 11) is 4.77. The van der Waals surface area contributed by atoms with Crippen LogP contribution in [0.2, 0.25) is 0 Å². The van der Waals surface area contributed by atoms with Crippen molar-refractivity contribution in [1.82, 2.24) is 0 Å². The van der Waals surface area contributed by atoms with E-state index in [2.05, 4.69) is 0 Å². The van der Waals surface area contributed by atoms with Crippen LogP contribution in [0.1, 0.15) is 0 Å². The molecule has 0 saturated carbocycles. The summed E-state index contributed by atoms with van der Waals surface area (Å²) in [4.78, 5) is 0. The molecule has 11 heteroatoms. The van der Waals surface area contributed by atoms with Gasteiger partial charge in [-0.1, -0.05) is 0 Å². The first-order valence-corrected chi connectivity index (χ1v) is 23.5. The van der Waals surface area contributed by atoms with Gasteiger partial charge in [0.1, 0.15) is 0 Å². The van der Waals surface area contributed by atoms with E-state index in [0.717, 1.165) is 0 Å². The number of hydrogen-bond acceptors (Lipinski definition) is 9. The average molecular weight is 694 g/mol. The van der Waals surface area contributed by atoms with Gasteiger partial charge in [-0.05, 0) is 0 Å². The molecule has 0 amide bonds. The molecule has 0 aromatic rings. The molecular formula is C3Bi2O3S6. The Morgan fingerprint density at radius 1 is 1.29 bits per heavy atom. The quantitative estimate of drug-likeness (QED) is 0.319. The SMILES string of the molecule is S=C1[O][Bi]([O]C(=S)[S][Bi]2[O]C(=S)[S]2)[S]1. The van der Waals surface area contributed by atoms with E-state index >= 15 is 0 Å². The van der Waals surface area contributed by atoms with E-state index in [4.69, 9.17) is 45.1 Å². The third-order valence-corrected chi connectivity index (χ3v) is 32.0. The Morgan fingerprint density at radius 2 is 1.86 bits per heavy atom. The molecular weight excluding hydrogens is 694 g/mol. The van der Waals surface area contributed by atoms with Crippen molar-refractivity contribution in [3.63, 3.8) is 0 Å². The van der Waals surface area contributed by atoms with Gasteiger partial charge in [-0.15, -0.1) is 0 Å². The third kappa shape index (κ3) is 3.76. The Hall–Kier alpha value is 2.49. The van der Waals surface area contributed by atoms with Crippen LogP contribution in [0.3, 0.4) is 0 Å². The molecule has 0 bridgehead atoms. The summed E-state index contributed by atoms with van der Waals surface area (Å²) in [6.45, 7) is 0. The molecule has 0 aliphatic carbocycles. The van der Waals surface area contributed by atoms with Crippen LogP contribution in [0.25, 0.3) is 0 Å². The Bertz CT molecular complexity index is 265. The van der Waals surface area contributed by atoms with Crippen LogP contribution < -0.4 is 0 Å². The zero-order valence-corrected chi connectivity index (χ0v) is 17.9. The number of thiocarbonyl (C=S) groups is 3. The van der Waals surface area contributed by atoms with Gasteiger partial charge in [-0.3, -0.25) is 0 Å². The summed E-state index contributed by atoms with van der Waals surface area (Å²) in [5.74, 6) is 0. The Labute approximate surface area is 122 Å². The summed E-state index contributed by atoms with van der Waals surface area (Å²) in [5.41, 5.74) is 0. The predicted octanol–water partition coefficient (Wildman–Crippen LogP) is 2.09. The van der Waals surface area contributed by atoms with E-state index in [-0.39, 0.29) is 0 Å². The standard InChI is InChI=1S/3CH2OS2.2Bi/c3*2-1(3)4;;/h3*(H2,2,3,4);;/q;;;2*+3/p-6. The molecule has 2 heterocycles. The van der Waals surface area contributed by atoms with Crippen molar-refractivity contribution >= 4 is 116 Å². The van der Waals surface area contributed by atoms with Crippen molar-refractivity contribution in [1.29, 1.82) is 0 Å². The van der Waals surface area contributed by atoms with Gasteiger partial charge in [0.15, 0.2) is 0 Å². The third-order valence-electron chi connectivity index (χ3n) is 0.894. The van der Waals surface area contributed by atoms with Crippen molar-refractivity contribution in [2.75, 3.05) is 0 Å². The van der Waals surface area contributed by atoms with Crippen molar-refractivity contribution in [3.8, 4) is 0 Å². The number of hydrogen-bond donors (Lipinski definition) is 0. The summed E-state index contributed by atoms with van der Waals surface area (Å²) >= 11 is 10.5. The van der Waals surface area contributed by atoms with E-state index in [1.807, 2.05) is 0 Å². The van der Waals surface area contributed by atoms with E-state index in [1.165, 1.54) is 0 Å². The molecule has 2 rings (SSSR count). The van der Waals surface area contributed by atoms with Crippen molar-refractivity contribution in [2.45, 2.75) is 0 Å². The van der Waals surface area contributed by atoms with Gasteiger partial charge < -0.3 is 0 Å². The zero-order valence-electron chi connectivity index (χ0n) is 6.07. The minimum absolute atomic E-state index is 0.561. The van der Waals surface area contributed by atoms with Crippen LogP contribution in [-0.2, 0) is 8.44 Å². The first-order valence-electron chi connectivity index (χ1n) is 2.93. The molecule has 0 atom stereocenters. The molecule has 0 radical (unpaired) electrons. The fourth-order valence-electron chi connectivity index (χ4n) is 0.470. The molecule has 14 heavy (non-hydrogen) atoms. The molecule has 0 aromatic heterocycles. The molecule has 0 aromatic carbocycles. The van der Waals surface area contributed by atoms with Crippen LogP contribution in [0.15, 0.2) is 0 Å². The summed E-state index contributed by atoms with van der Waals surface area (Å²) in [6.07, 6.45) is 0. The monoisotopic (exact) mass is 694 g/mol. The fraction of sp³-hybridized carbons (Fsp3) is 0. The van der Waals surface area contributed by atoms with E-state index in [9.17, 15) is 0 Å². The second-order valence-electron chi connectivity index (χ2n) is 1.74. The maximum absolute atomic E-state index is 5.46. The van der Waals surface area contributed by atoms with Gasteiger partial charge in [-0.2, -0.15) is 0 Å². The van der Waals surface area contributed by atoms with E-state index < -0.39 is 40.4 Å². The van der Waals surface area contributed by atoms with Crippen LogP contribution >= 0.6 is 62.2 Å². The van der Waals surface area contributed by atoms with Gasteiger partial charge in [0.05, 0.1) is 0 Å². The van der Waals surface area contributed by atoms with E-state index in [0.29, 0.717) is 13.1 Å². The van der Waals surface area contributed by atoms with Crippen molar-refractivity contribution in [2.24, 2.45) is 0 Å². The van der Waals surface area contributed by atoms with Crippen LogP contribution in [0.5, 0.6) is 0 Å². The summed E-state index contributed by atoms with van der Waals surface area (Å²) < 4.78 is 17.8.